The highest BCUT2D eigenvalue weighted by molar-refractivity contribution is 6.22. The zero-order valence-corrected chi connectivity index (χ0v) is 18.0. The first-order valence-electron chi connectivity index (χ1n) is 10.9. The van der Waals surface area contributed by atoms with Crippen molar-refractivity contribution in [2.45, 2.75) is 32.2 Å². The fraction of sp³-hybridized carbons (Fsp3) is 0.375. The summed E-state index contributed by atoms with van der Waals surface area (Å²) in [5.74, 6) is -0.0742. The summed E-state index contributed by atoms with van der Waals surface area (Å²) in [6, 6.07) is 13.1. The van der Waals surface area contributed by atoms with E-state index in [4.69, 9.17) is 4.74 Å². The van der Waals surface area contributed by atoms with Gasteiger partial charge in [0.05, 0.1) is 30.4 Å². The van der Waals surface area contributed by atoms with E-state index in [1.165, 1.54) is 11.0 Å². The lowest BCUT2D eigenvalue weighted by atomic mass is 9.94. The quantitative estimate of drug-likeness (QED) is 0.533. The van der Waals surface area contributed by atoms with Gasteiger partial charge in [-0.1, -0.05) is 12.1 Å². The van der Waals surface area contributed by atoms with Crippen molar-refractivity contribution in [3.8, 4) is 11.5 Å². The van der Waals surface area contributed by atoms with E-state index >= 15 is 0 Å². The zero-order valence-electron chi connectivity index (χ0n) is 18.0. The minimum atomic E-state index is -0.503. The van der Waals surface area contributed by atoms with Crippen LogP contribution in [0.4, 0.5) is 11.4 Å². The van der Waals surface area contributed by atoms with E-state index in [0.717, 1.165) is 0 Å². The van der Waals surface area contributed by atoms with E-state index in [2.05, 4.69) is 5.32 Å². The van der Waals surface area contributed by atoms with Crippen molar-refractivity contribution < 1.29 is 24.2 Å². The van der Waals surface area contributed by atoms with E-state index < -0.39 is 6.04 Å². The van der Waals surface area contributed by atoms with Gasteiger partial charge in [-0.2, -0.15) is 0 Å². The average molecular weight is 437 g/mol. The molecular formula is C24H27N3O5. The molecule has 0 aliphatic carbocycles. The first kappa shape index (κ1) is 21.8. The van der Waals surface area contributed by atoms with E-state index in [-0.39, 0.29) is 35.8 Å². The van der Waals surface area contributed by atoms with Crippen LogP contribution in [0, 0.1) is 5.92 Å². The van der Waals surface area contributed by atoms with Crippen molar-refractivity contribution in [2.75, 3.05) is 29.9 Å². The number of anilines is 2. The molecule has 0 spiro atoms. The lowest BCUT2D eigenvalue weighted by Crippen LogP contribution is -2.47. The molecule has 2 fully saturated rings. The van der Waals surface area contributed by atoms with Gasteiger partial charge >= 0.3 is 0 Å². The van der Waals surface area contributed by atoms with Gasteiger partial charge in [-0.25, -0.2) is 4.90 Å². The molecule has 0 unspecified atom stereocenters. The molecule has 4 rings (SSSR count). The standard InChI is InChI=1S/C24H27N3O5/c1-2-32-18-9-7-17(8-10-18)27-22(29)15-20(24(27)31)26-13-11-16(12-14-26)23(30)25-19-5-3-4-6-21(19)28/h3-10,16,20,28H,2,11-15H2,1H3,(H,25,30)/t20-/m1/s1. The predicted octanol–water partition coefficient (Wildman–Crippen LogP) is 2.77. The number of aromatic hydroxyl groups is 1. The van der Waals surface area contributed by atoms with Crippen LogP contribution in [0.15, 0.2) is 48.5 Å². The Kier molecular flexibility index (Phi) is 6.41. The van der Waals surface area contributed by atoms with Gasteiger partial charge in [-0.15, -0.1) is 0 Å². The molecule has 2 aromatic rings. The summed E-state index contributed by atoms with van der Waals surface area (Å²) >= 11 is 0. The number of piperidine rings is 1. The number of carbonyl (C=O) groups is 3. The van der Waals surface area contributed by atoms with Crippen LogP contribution < -0.4 is 15.0 Å². The van der Waals surface area contributed by atoms with Crippen LogP contribution in [0.2, 0.25) is 0 Å². The second kappa shape index (κ2) is 9.40. The number of imide groups is 1. The Balaban J connectivity index is 1.35. The van der Waals surface area contributed by atoms with Crippen molar-refractivity contribution in [3.05, 3.63) is 48.5 Å². The molecule has 168 valence electrons. The first-order valence-corrected chi connectivity index (χ1v) is 10.9. The van der Waals surface area contributed by atoms with Crippen LogP contribution in [0.25, 0.3) is 0 Å². The first-order chi connectivity index (χ1) is 15.5. The van der Waals surface area contributed by atoms with E-state index in [9.17, 15) is 19.5 Å². The van der Waals surface area contributed by atoms with E-state index in [1.807, 2.05) is 11.8 Å². The van der Waals surface area contributed by atoms with E-state index in [0.29, 0.717) is 49.7 Å². The molecule has 8 heteroatoms. The summed E-state index contributed by atoms with van der Waals surface area (Å²) < 4.78 is 5.42. The predicted molar refractivity (Wildman–Crippen MR) is 120 cm³/mol. The lowest BCUT2D eigenvalue weighted by molar-refractivity contribution is -0.123. The van der Waals surface area contributed by atoms with Crippen molar-refractivity contribution >= 4 is 29.1 Å². The fourth-order valence-electron chi connectivity index (χ4n) is 4.32. The maximum atomic E-state index is 13.0. The molecule has 2 heterocycles. The van der Waals surface area contributed by atoms with Crippen molar-refractivity contribution in [3.63, 3.8) is 0 Å². The maximum absolute atomic E-state index is 13.0. The third-order valence-electron chi connectivity index (χ3n) is 6.03. The third-order valence-corrected chi connectivity index (χ3v) is 6.03. The maximum Gasteiger partial charge on any atom is 0.251 e. The molecule has 1 atom stereocenters. The number of rotatable bonds is 6. The summed E-state index contributed by atoms with van der Waals surface area (Å²) in [5.41, 5.74) is 0.936. The summed E-state index contributed by atoms with van der Waals surface area (Å²) in [6.07, 6.45) is 1.31. The van der Waals surface area contributed by atoms with Crippen LogP contribution >= 0.6 is 0 Å². The van der Waals surface area contributed by atoms with Crippen molar-refractivity contribution in [1.82, 2.24) is 4.90 Å². The van der Waals surface area contributed by atoms with Crippen LogP contribution in [0.3, 0.4) is 0 Å². The number of nitrogens with zero attached hydrogens (tertiary/aromatic N) is 2. The van der Waals surface area contributed by atoms with Crippen LogP contribution in [-0.2, 0) is 14.4 Å². The minimum Gasteiger partial charge on any atom is -0.506 e. The Morgan fingerprint density at radius 1 is 1.09 bits per heavy atom. The number of ether oxygens (including phenoxy) is 1. The van der Waals surface area contributed by atoms with Gasteiger partial charge < -0.3 is 15.2 Å². The monoisotopic (exact) mass is 437 g/mol. The third kappa shape index (κ3) is 4.45. The summed E-state index contributed by atoms with van der Waals surface area (Å²) in [6.45, 7) is 3.55. The molecule has 2 saturated heterocycles. The van der Waals surface area contributed by atoms with Crippen LogP contribution in [0.5, 0.6) is 11.5 Å². The average Bonchev–Trinajstić information content (AvgIpc) is 3.10. The summed E-state index contributed by atoms with van der Waals surface area (Å²) in [5, 5.41) is 12.6. The molecule has 8 nitrogen and oxygen atoms in total. The molecule has 3 amide bonds. The Hall–Kier alpha value is -3.39. The van der Waals surface area contributed by atoms with Gasteiger partial charge in [0, 0.05) is 5.92 Å². The molecule has 2 aliphatic rings. The largest absolute Gasteiger partial charge is 0.506 e. The number of hydrogen-bond acceptors (Lipinski definition) is 6. The Morgan fingerprint density at radius 3 is 2.44 bits per heavy atom. The molecule has 2 aliphatic heterocycles. The smallest absolute Gasteiger partial charge is 0.251 e. The Labute approximate surface area is 186 Å². The topological polar surface area (TPSA) is 99.2 Å². The molecular weight excluding hydrogens is 410 g/mol. The van der Waals surface area contributed by atoms with Crippen LogP contribution in [-0.4, -0.2) is 53.5 Å². The van der Waals surface area contributed by atoms with Gasteiger partial charge in [-0.05, 0) is 69.3 Å². The number of carbonyl (C=O) groups excluding carboxylic acids is 3. The second-order valence-corrected chi connectivity index (χ2v) is 8.03. The van der Waals surface area contributed by atoms with Crippen molar-refractivity contribution in [2.24, 2.45) is 5.92 Å². The number of likely N-dealkylation sites (tertiary alicyclic amines) is 1. The zero-order chi connectivity index (χ0) is 22.7. The molecule has 0 radical (unpaired) electrons. The normalized spacial score (nSPS) is 19.9. The Morgan fingerprint density at radius 2 is 1.78 bits per heavy atom. The van der Waals surface area contributed by atoms with Crippen LogP contribution in [0.1, 0.15) is 26.2 Å². The SMILES string of the molecule is CCOc1ccc(N2C(=O)C[C@@H](N3CCC(C(=O)Nc4ccccc4O)CC3)C2=O)cc1. The van der Waals surface area contributed by atoms with Gasteiger partial charge in [0.1, 0.15) is 11.5 Å². The number of para-hydroxylation sites is 2. The lowest BCUT2D eigenvalue weighted by Gasteiger charge is -2.34. The highest BCUT2D eigenvalue weighted by Gasteiger charge is 2.43. The molecule has 0 bridgehead atoms. The molecule has 2 N–H and O–H groups in total. The van der Waals surface area contributed by atoms with Gasteiger partial charge in [0.25, 0.3) is 5.91 Å². The number of benzene rings is 2. The Bertz CT molecular complexity index is 999. The molecule has 0 aromatic heterocycles. The van der Waals surface area contributed by atoms with Crippen molar-refractivity contribution in [1.29, 1.82) is 0 Å². The summed E-state index contributed by atoms with van der Waals surface area (Å²) in [4.78, 5) is 41.5. The number of phenolic OH excluding ortho intramolecular Hbond substituents is 1. The van der Waals surface area contributed by atoms with Gasteiger partial charge in [-0.3, -0.25) is 19.3 Å². The minimum absolute atomic E-state index is 0.0303. The highest BCUT2D eigenvalue weighted by atomic mass is 16.5. The number of amides is 3. The second-order valence-electron chi connectivity index (χ2n) is 8.03. The number of nitrogens with one attached hydrogen (secondary N) is 1. The number of phenols is 1. The molecule has 32 heavy (non-hydrogen) atoms. The fourth-order valence-corrected chi connectivity index (χ4v) is 4.32. The summed E-state index contributed by atoms with van der Waals surface area (Å²) in [7, 11) is 0. The van der Waals surface area contributed by atoms with E-state index in [1.54, 1.807) is 42.5 Å². The van der Waals surface area contributed by atoms with Gasteiger partial charge in [0.2, 0.25) is 11.8 Å². The van der Waals surface area contributed by atoms with Gasteiger partial charge in [0.15, 0.2) is 0 Å². The molecule has 2 aromatic carbocycles. The number of hydrogen-bond donors (Lipinski definition) is 2. The highest BCUT2D eigenvalue weighted by Crippen LogP contribution is 2.30. The molecule has 0 saturated carbocycles.